The van der Waals surface area contributed by atoms with E-state index in [1.54, 1.807) is 0 Å². The third-order valence-electron chi connectivity index (χ3n) is 3.58. The summed E-state index contributed by atoms with van der Waals surface area (Å²) in [4.78, 5) is 21.6. The first-order chi connectivity index (χ1) is 8.89. The molecule has 0 N–H and O–H groups in total. The van der Waals surface area contributed by atoms with Crippen LogP contribution in [0.25, 0.3) is 0 Å². The number of hydrogen-bond acceptors (Lipinski definition) is 5. The minimum atomic E-state index is -1.22. The van der Waals surface area contributed by atoms with E-state index in [0.29, 0.717) is 6.42 Å². The highest BCUT2D eigenvalue weighted by Crippen LogP contribution is 2.43. The Morgan fingerprint density at radius 1 is 1.26 bits per heavy atom. The Bertz CT molecular complexity index is 296. The average Bonchev–Trinajstić information content (AvgIpc) is 3.10. The zero-order chi connectivity index (χ0) is 14.5. The largest absolute Gasteiger partial charge is 0.513 e. The van der Waals surface area contributed by atoms with E-state index in [9.17, 15) is 4.79 Å². The predicted octanol–water partition coefficient (Wildman–Crippen LogP) is 4.16. The molecule has 0 aromatic heterocycles. The average molecular weight is 274 g/mol. The van der Waals surface area contributed by atoms with Gasteiger partial charge in [0.1, 0.15) is 5.60 Å². The lowest BCUT2D eigenvalue weighted by Crippen LogP contribution is -2.34. The fourth-order valence-electron chi connectivity index (χ4n) is 1.81. The molecule has 1 aliphatic rings. The number of hydrogen-bond donors (Lipinski definition) is 0. The van der Waals surface area contributed by atoms with Crippen molar-refractivity contribution < 1.29 is 24.0 Å². The van der Waals surface area contributed by atoms with Crippen molar-refractivity contribution in [3.05, 3.63) is 0 Å². The molecule has 0 amide bonds. The molecule has 1 atom stereocenters. The molecule has 1 aliphatic heterocycles. The summed E-state index contributed by atoms with van der Waals surface area (Å²) in [6, 6.07) is 0. The summed E-state index contributed by atoms with van der Waals surface area (Å²) >= 11 is 0. The zero-order valence-corrected chi connectivity index (χ0v) is 12.7. The van der Waals surface area contributed by atoms with E-state index >= 15 is 0 Å². The second-order valence-corrected chi connectivity index (χ2v) is 5.58. The van der Waals surface area contributed by atoms with Gasteiger partial charge in [-0.25, -0.2) is 4.79 Å². The number of unbranched alkanes of at least 4 members (excludes halogenated alkanes) is 1. The predicted molar refractivity (Wildman–Crippen MR) is 70.1 cm³/mol. The van der Waals surface area contributed by atoms with Crippen LogP contribution in [0.2, 0.25) is 0 Å². The van der Waals surface area contributed by atoms with Crippen LogP contribution in [0.5, 0.6) is 0 Å². The van der Waals surface area contributed by atoms with E-state index in [-0.39, 0.29) is 5.92 Å². The van der Waals surface area contributed by atoms with Crippen molar-refractivity contribution in [2.24, 2.45) is 5.92 Å². The van der Waals surface area contributed by atoms with Crippen molar-refractivity contribution in [2.45, 2.75) is 78.3 Å². The Hall–Kier alpha value is -0.810. The molecule has 1 saturated heterocycles. The smallest absolute Gasteiger partial charge is 0.428 e. The molecule has 1 unspecified atom stereocenters. The SMILES string of the molecule is CCCCC(CC)C1(OC(=O)OC(C)(C)CC)OO1. The van der Waals surface area contributed by atoms with Crippen molar-refractivity contribution in [1.29, 1.82) is 0 Å². The fraction of sp³-hybridized carbons (Fsp3) is 0.929. The lowest BCUT2D eigenvalue weighted by Gasteiger charge is -2.24. The van der Waals surface area contributed by atoms with Crippen LogP contribution in [0, 0.1) is 5.92 Å². The second kappa shape index (κ2) is 6.57. The van der Waals surface area contributed by atoms with Crippen LogP contribution in [0.3, 0.4) is 0 Å². The molecule has 5 heteroatoms. The van der Waals surface area contributed by atoms with Crippen LogP contribution < -0.4 is 0 Å². The van der Waals surface area contributed by atoms with Gasteiger partial charge in [0.05, 0.1) is 5.92 Å². The Morgan fingerprint density at radius 3 is 2.32 bits per heavy atom. The molecule has 0 radical (unpaired) electrons. The molecule has 0 aliphatic carbocycles. The molecule has 5 nitrogen and oxygen atoms in total. The molecule has 0 aromatic rings. The molecule has 1 rings (SSSR count). The number of rotatable bonds is 8. The van der Waals surface area contributed by atoms with Crippen molar-refractivity contribution in [1.82, 2.24) is 0 Å². The van der Waals surface area contributed by atoms with Crippen molar-refractivity contribution in [3.63, 3.8) is 0 Å². The second-order valence-electron chi connectivity index (χ2n) is 5.58. The molecule has 0 saturated carbocycles. The van der Waals surface area contributed by atoms with E-state index in [0.717, 1.165) is 25.7 Å². The lowest BCUT2D eigenvalue weighted by molar-refractivity contribution is -0.103. The molecule has 19 heavy (non-hydrogen) atoms. The van der Waals surface area contributed by atoms with Crippen LogP contribution in [-0.2, 0) is 19.2 Å². The maximum Gasteiger partial charge on any atom is 0.513 e. The normalized spacial score (nSPS) is 18.8. The molecular formula is C14H26O5. The molecule has 0 bridgehead atoms. The minimum Gasteiger partial charge on any atom is -0.428 e. The van der Waals surface area contributed by atoms with Crippen LogP contribution in [-0.4, -0.2) is 17.7 Å². The lowest BCUT2D eigenvalue weighted by atomic mass is 9.97. The Kier molecular flexibility index (Phi) is 5.62. The zero-order valence-electron chi connectivity index (χ0n) is 12.7. The van der Waals surface area contributed by atoms with Gasteiger partial charge in [-0.15, -0.1) is 0 Å². The van der Waals surface area contributed by atoms with Gasteiger partial charge in [0.2, 0.25) is 0 Å². The monoisotopic (exact) mass is 274 g/mol. The third kappa shape index (κ3) is 4.66. The summed E-state index contributed by atoms with van der Waals surface area (Å²) in [7, 11) is 0. The van der Waals surface area contributed by atoms with Gasteiger partial charge in [-0.3, -0.25) is 0 Å². The molecule has 1 heterocycles. The first-order valence-electron chi connectivity index (χ1n) is 7.18. The maximum absolute atomic E-state index is 11.8. The summed E-state index contributed by atoms with van der Waals surface area (Å²) in [5.41, 5.74) is -0.543. The molecule has 0 spiro atoms. The number of carbonyl (C=O) groups is 1. The maximum atomic E-state index is 11.8. The molecule has 1 fully saturated rings. The molecule has 112 valence electrons. The van der Waals surface area contributed by atoms with Crippen LogP contribution >= 0.6 is 0 Å². The standard InChI is InChI=1S/C14H26O5/c1-6-9-10-11(7-2)14(18-19-14)17-12(15)16-13(4,5)8-3/h11H,6-10H2,1-5H3. The Morgan fingerprint density at radius 2 is 1.89 bits per heavy atom. The fourth-order valence-corrected chi connectivity index (χ4v) is 1.81. The van der Waals surface area contributed by atoms with E-state index in [1.165, 1.54) is 0 Å². The minimum absolute atomic E-state index is 0.0461. The quantitative estimate of drug-likeness (QED) is 0.378. The highest BCUT2D eigenvalue weighted by Gasteiger charge is 2.60. The van der Waals surface area contributed by atoms with Gasteiger partial charge >= 0.3 is 12.1 Å². The Labute approximate surface area is 115 Å². The molecule has 0 aromatic carbocycles. The topological polar surface area (TPSA) is 60.6 Å². The summed E-state index contributed by atoms with van der Waals surface area (Å²) in [6.07, 6.45) is 3.83. The van der Waals surface area contributed by atoms with Gasteiger partial charge in [-0.2, -0.15) is 9.78 Å². The molecular weight excluding hydrogens is 248 g/mol. The Balaban J connectivity index is 2.52. The first-order valence-corrected chi connectivity index (χ1v) is 7.18. The van der Waals surface area contributed by atoms with Gasteiger partial charge in [0, 0.05) is 0 Å². The van der Waals surface area contributed by atoms with Crippen LogP contribution in [0.1, 0.15) is 66.7 Å². The van der Waals surface area contributed by atoms with E-state index < -0.39 is 17.7 Å². The highest BCUT2D eigenvalue weighted by atomic mass is 17.5. The van der Waals surface area contributed by atoms with Gasteiger partial charge in [-0.1, -0.05) is 33.6 Å². The van der Waals surface area contributed by atoms with Gasteiger partial charge < -0.3 is 9.47 Å². The van der Waals surface area contributed by atoms with E-state index in [2.05, 4.69) is 6.92 Å². The van der Waals surface area contributed by atoms with Crippen molar-refractivity contribution in [3.8, 4) is 0 Å². The van der Waals surface area contributed by atoms with Crippen LogP contribution in [0.15, 0.2) is 0 Å². The van der Waals surface area contributed by atoms with Gasteiger partial charge in [-0.05, 0) is 33.1 Å². The van der Waals surface area contributed by atoms with Gasteiger partial charge in [0.15, 0.2) is 0 Å². The number of ether oxygens (including phenoxy) is 2. The third-order valence-corrected chi connectivity index (χ3v) is 3.58. The van der Waals surface area contributed by atoms with Crippen molar-refractivity contribution >= 4 is 6.16 Å². The van der Waals surface area contributed by atoms with E-state index in [1.807, 2.05) is 27.7 Å². The summed E-state index contributed by atoms with van der Waals surface area (Å²) in [6.45, 7) is 9.77. The first kappa shape index (κ1) is 16.2. The summed E-state index contributed by atoms with van der Waals surface area (Å²) in [5, 5.41) is 0. The van der Waals surface area contributed by atoms with Crippen LogP contribution in [0.4, 0.5) is 4.79 Å². The van der Waals surface area contributed by atoms with Crippen molar-refractivity contribution in [2.75, 3.05) is 0 Å². The highest BCUT2D eigenvalue weighted by molar-refractivity contribution is 5.61. The van der Waals surface area contributed by atoms with E-state index in [4.69, 9.17) is 19.2 Å². The van der Waals surface area contributed by atoms with Gasteiger partial charge in [0.25, 0.3) is 0 Å². The number of carbonyl (C=O) groups excluding carboxylic acids is 1. The summed E-state index contributed by atoms with van der Waals surface area (Å²) in [5.74, 6) is -1.17. The summed E-state index contributed by atoms with van der Waals surface area (Å²) < 4.78 is 10.5.